The van der Waals surface area contributed by atoms with E-state index in [1.807, 2.05) is 17.5 Å². The molecule has 0 atom stereocenters. The monoisotopic (exact) mass is 312 g/mol. The highest BCUT2D eigenvalue weighted by molar-refractivity contribution is 7.13. The minimum Gasteiger partial charge on any atom is -0.366 e. The lowest BCUT2D eigenvalue weighted by Gasteiger charge is -2.11. The molecule has 0 saturated carbocycles. The summed E-state index contributed by atoms with van der Waals surface area (Å²) in [6.45, 7) is 0. The first-order valence-electron chi connectivity index (χ1n) is 6.40. The van der Waals surface area contributed by atoms with Crippen LogP contribution in [-0.2, 0) is 0 Å². The molecule has 3 amide bonds. The molecule has 6 nitrogen and oxygen atoms in total. The van der Waals surface area contributed by atoms with Gasteiger partial charge in [0.15, 0.2) is 0 Å². The van der Waals surface area contributed by atoms with Crippen molar-refractivity contribution in [1.82, 2.24) is 4.98 Å². The molecule has 0 saturated heterocycles. The van der Waals surface area contributed by atoms with Gasteiger partial charge in [0.25, 0.3) is 5.91 Å². The Bertz CT molecular complexity index is 875. The Morgan fingerprint density at radius 2 is 1.95 bits per heavy atom. The van der Waals surface area contributed by atoms with Crippen LogP contribution < -0.4 is 16.8 Å². The summed E-state index contributed by atoms with van der Waals surface area (Å²) in [7, 11) is 0. The molecule has 0 aliphatic carbocycles. The van der Waals surface area contributed by atoms with Crippen molar-refractivity contribution in [2.24, 2.45) is 11.5 Å². The smallest absolute Gasteiger partial charge is 0.316 e. The summed E-state index contributed by atoms with van der Waals surface area (Å²) < 4.78 is 0. The summed E-state index contributed by atoms with van der Waals surface area (Å²) in [5.74, 6) is -0.550. The van der Waals surface area contributed by atoms with E-state index < -0.39 is 11.9 Å². The van der Waals surface area contributed by atoms with Gasteiger partial charge in [-0.25, -0.2) is 9.78 Å². The second-order valence-corrected chi connectivity index (χ2v) is 5.54. The van der Waals surface area contributed by atoms with E-state index in [-0.39, 0.29) is 0 Å². The van der Waals surface area contributed by atoms with Crippen LogP contribution in [0.3, 0.4) is 0 Å². The number of hydrogen-bond donors (Lipinski definition) is 3. The fraction of sp³-hybridized carbons (Fsp3) is 0. The van der Waals surface area contributed by atoms with Crippen LogP contribution in [0.4, 0.5) is 10.5 Å². The van der Waals surface area contributed by atoms with Gasteiger partial charge in [-0.1, -0.05) is 18.2 Å². The zero-order valence-corrected chi connectivity index (χ0v) is 12.2. The number of rotatable bonds is 3. The highest BCUT2D eigenvalue weighted by Gasteiger charge is 2.15. The maximum absolute atomic E-state index is 11.6. The molecule has 5 N–H and O–H groups in total. The zero-order valence-electron chi connectivity index (χ0n) is 11.4. The number of urea groups is 1. The predicted octanol–water partition coefficient (Wildman–Crippen LogP) is 2.55. The molecule has 2 aromatic heterocycles. The van der Waals surface area contributed by atoms with Crippen LogP contribution in [0.25, 0.3) is 21.5 Å². The number of fused-ring (bicyclic) bond motifs is 1. The number of amides is 3. The van der Waals surface area contributed by atoms with Crippen molar-refractivity contribution in [1.29, 1.82) is 0 Å². The van der Waals surface area contributed by atoms with Crippen molar-refractivity contribution in [3.8, 4) is 10.6 Å². The average molecular weight is 312 g/mol. The zero-order chi connectivity index (χ0) is 15.7. The van der Waals surface area contributed by atoms with Gasteiger partial charge < -0.3 is 16.8 Å². The molecule has 3 rings (SSSR count). The third-order valence-electron chi connectivity index (χ3n) is 3.12. The normalized spacial score (nSPS) is 10.5. The number of nitrogens with zero attached hydrogens (tertiary/aromatic N) is 1. The van der Waals surface area contributed by atoms with Gasteiger partial charge in [-0.3, -0.25) is 4.79 Å². The van der Waals surface area contributed by atoms with E-state index in [9.17, 15) is 9.59 Å². The number of pyridine rings is 1. The first-order valence-corrected chi connectivity index (χ1v) is 7.28. The van der Waals surface area contributed by atoms with E-state index in [1.165, 1.54) is 11.3 Å². The quantitative estimate of drug-likeness (QED) is 0.691. The average Bonchev–Trinajstić information content (AvgIpc) is 2.99. The van der Waals surface area contributed by atoms with E-state index in [1.54, 1.807) is 24.3 Å². The maximum atomic E-state index is 11.6. The minimum absolute atomic E-state index is 0.334. The van der Waals surface area contributed by atoms with Crippen LogP contribution >= 0.6 is 11.3 Å². The van der Waals surface area contributed by atoms with E-state index in [4.69, 9.17) is 11.5 Å². The molecular formula is C15H12N4O2S. The molecule has 1 aromatic carbocycles. The molecule has 2 heterocycles. The summed E-state index contributed by atoms with van der Waals surface area (Å²) in [5, 5.41) is 5.16. The van der Waals surface area contributed by atoms with Crippen molar-refractivity contribution in [3.63, 3.8) is 0 Å². The Morgan fingerprint density at radius 1 is 1.14 bits per heavy atom. The van der Waals surface area contributed by atoms with Crippen LogP contribution in [-0.4, -0.2) is 16.9 Å². The highest BCUT2D eigenvalue weighted by atomic mass is 32.1. The molecule has 0 aliphatic rings. The molecule has 0 aliphatic heterocycles. The van der Waals surface area contributed by atoms with E-state index in [2.05, 4.69) is 10.3 Å². The van der Waals surface area contributed by atoms with Crippen molar-refractivity contribution >= 4 is 39.9 Å². The second-order valence-electron chi connectivity index (χ2n) is 4.59. The van der Waals surface area contributed by atoms with Gasteiger partial charge in [0.1, 0.15) is 5.69 Å². The number of thiophene rings is 1. The number of aromatic nitrogens is 1. The lowest BCUT2D eigenvalue weighted by atomic mass is 10.1. The number of carbonyl (C=O) groups is 2. The highest BCUT2D eigenvalue weighted by Crippen LogP contribution is 2.33. The van der Waals surface area contributed by atoms with Gasteiger partial charge >= 0.3 is 6.03 Å². The third-order valence-corrected chi connectivity index (χ3v) is 4.00. The maximum Gasteiger partial charge on any atom is 0.316 e. The van der Waals surface area contributed by atoms with Crippen molar-refractivity contribution in [2.75, 3.05) is 5.32 Å². The summed E-state index contributed by atoms with van der Waals surface area (Å²) in [6, 6.07) is 9.93. The van der Waals surface area contributed by atoms with E-state index in [0.29, 0.717) is 27.8 Å². The van der Waals surface area contributed by atoms with Crippen LogP contribution in [0, 0.1) is 0 Å². The van der Waals surface area contributed by atoms with Crippen LogP contribution in [0.1, 0.15) is 10.4 Å². The second kappa shape index (κ2) is 5.45. The third kappa shape index (κ3) is 2.49. The number of nitrogens with two attached hydrogens (primary N) is 2. The van der Waals surface area contributed by atoms with E-state index >= 15 is 0 Å². The number of anilines is 1. The minimum atomic E-state index is -0.676. The van der Waals surface area contributed by atoms with Gasteiger partial charge in [0.2, 0.25) is 0 Å². The van der Waals surface area contributed by atoms with Crippen LogP contribution in [0.15, 0.2) is 41.8 Å². The Morgan fingerprint density at radius 3 is 2.59 bits per heavy atom. The molecule has 3 aromatic rings. The largest absolute Gasteiger partial charge is 0.366 e. The molecule has 22 heavy (non-hydrogen) atoms. The molecule has 0 unspecified atom stereocenters. The van der Waals surface area contributed by atoms with Gasteiger partial charge in [-0.2, -0.15) is 0 Å². The van der Waals surface area contributed by atoms with Crippen molar-refractivity contribution in [2.45, 2.75) is 0 Å². The van der Waals surface area contributed by atoms with Crippen LogP contribution in [0.2, 0.25) is 0 Å². The number of carbonyl (C=O) groups excluding carboxylic acids is 2. The number of hydrogen-bond acceptors (Lipinski definition) is 4. The van der Waals surface area contributed by atoms with Gasteiger partial charge in [-0.05, 0) is 23.6 Å². The first-order chi connectivity index (χ1) is 10.6. The lowest BCUT2D eigenvalue weighted by Crippen LogP contribution is -2.20. The summed E-state index contributed by atoms with van der Waals surface area (Å²) in [4.78, 5) is 28.2. The van der Waals surface area contributed by atoms with Crippen LogP contribution in [0.5, 0.6) is 0 Å². The van der Waals surface area contributed by atoms with Gasteiger partial charge in [0.05, 0.1) is 21.6 Å². The predicted molar refractivity (Wildman–Crippen MR) is 86.8 cm³/mol. The molecule has 0 spiro atoms. The Kier molecular flexibility index (Phi) is 3.48. The molecular weight excluding hydrogens is 300 g/mol. The Labute approximate surface area is 129 Å². The molecule has 0 fully saturated rings. The van der Waals surface area contributed by atoms with Gasteiger partial charge in [-0.15, -0.1) is 11.3 Å². The first kappa shape index (κ1) is 14.0. The summed E-state index contributed by atoms with van der Waals surface area (Å²) in [5.41, 5.74) is 12.5. The topological polar surface area (TPSA) is 111 Å². The molecule has 0 radical (unpaired) electrons. The number of benzene rings is 1. The fourth-order valence-corrected chi connectivity index (χ4v) is 2.95. The Hall–Kier alpha value is -2.93. The molecule has 0 bridgehead atoms. The Balaban J connectivity index is 2.31. The number of para-hydroxylation sites is 1. The summed E-state index contributed by atoms with van der Waals surface area (Å²) in [6.07, 6.45) is 0. The van der Waals surface area contributed by atoms with Gasteiger partial charge in [0, 0.05) is 5.39 Å². The lowest BCUT2D eigenvalue weighted by molar-refractivity contribution is 0.100. The van der Waals surface area contributed by atoms with Crippen molar-refractivity contribution in [3.05, 3.63) is 47.3 Å². The fourth-order valence-electron chi connectivity index (χ4n) is 2.23. The SMILES string of the molecule is NC(=O)Nc1cc2cccc(C(N)=O)c2nc1-c1cccs1. The van der Waals surface area contributed by atoms with Crippen molar-refractivity contribution < 1.29 is 9.59 Å². The molecule has 110 valence electrons. The standard InChI is InChI=1S/C15H12N4O2S/c16-14(20)9-4-1-3-8-7-10(18-15(17)21)13(19-12(8)9)11-5-2-6-22-11/h1-7H,(H2,16,20)(H3,17,18,21). The number of nitrogens with one attached hydrogen (secondary N) is 1. The molecule has 7 heteroatoms. The number of primary amides is 2. The van der Waals surface area contributed by atoms with E-state index in [0.717, 1.165) is 4.88 Å². The summed E-state index contributed by atoms with van der Waals surface area (Å²) >= 11 is 1.47.